The summed E-state index contributed by atoms with van der Waals surface area (Å²) in [4.78, 5) is 10.7. The van der Waals surface area contributed by atoms with Gasteiger partial charge in [-0.3, -0.25) is 4.79 Å². The molecule has 0 spiro atoms. The van der Waals surface area contributed by atoms with E-state index in [0.717, 1.165) is 12.8 Å². The zero-order valence-electron chi connectivity index (χ0n) is 6.80. The first-order valence-corrected chi connectivity index (χ1v) is 3.83. The number of carbonyl (C=O) groups excluding carboxylic acids is 1. The summed E-state index contributed by atoms with van der Waals surface area (Å²) in [5, 5.41) is 8.13. The van der Waals surface area contributed by atoms with Crippen LogP contribution in [0.15, 0.2) is 0 Å². The minimum Gasteiger partial charge on any atom is -0.466 e. The summed E-state index contributed by atoms with van der Waals surface area (Å²) in [5.74, 6) is -0.264. The average molecular weight is 155 g/mol. The topological polar surface area (TPSA) is 50.1 Å². The Morgan fingerprint density at radius 2 is 2.36 bits per heavy atom. The van der Waals surface area contributed by atoms with Crippen LogP contribution in [0.25, 0.3) is 0 Å². The summed E-state index contributed by atoms with van der Waals surface area (Å²) >= 11 is 0. The lowest BCUT2D eigenvalue weighted by molar-refractivity contribution is -0.143. The van der Waals surface area contributed by atoms with Gasteiger partial charge in [-0.05, 0) is 6.42 Å². The van der Waals surface area contributed by atoms with Crippen molar-refractivity contribution in [1.29, 1.82) is 5.26 Å². The molecular weight excluding hydrogens is 142 g/mol. The molecule has 0 heterocycles. The lowest BCUT2D eigenvalue weighted by atomic mass is 10.3. The van der Waals surface area contributed by atoms with E-state index in [1.807, 2.05) is 13.0 Å². The van der Waals surface area contributed by atoms with Crippen molar-refractivity contribution < 1.29 is 9.53 Å². The Morgan fingerprint density at radius 3 is 2.91 bits per heavy atom. The largest absolute Gasteiger partial charge is 0.466 e. The van der Waals surface area contributed by atoms with E-state index >= 15 is 0 Å². The van der Waals surface area contributed by atoms with Crippen molar-refractivity contribution in [3.8, 4) is 6.07 Å². The molecule has 0 amide bonds. The summed E-state index contributed by atoms with van der Waals surface area (Å²) < 4.78 is 4.79. The maximum absolute atomic E-state index is 10.7. The Labute approximate surface area is 67.0 Å². The van der Waals surface area contributed by atoms with Gasteiger partial charge < -0.3 is 4.74 Å². The third-order valence-corrected chi connectivity index (χ3v) is 1.20. The van der Waals surface area contributed by atoms with Crippen LogP contribution in [0.2, 0.25) is 0 Å². The highest BCUT2D eigenvalue weighted by Crippen LogP contribution is 1.93. The molecule has 0 radical (unpaired) electrons. The Morgan fingerprint density at radius 1 is 1.64 bits per heavy atom. The van der Waals surface area contributed by atoms with Gasteiger partial charge in [-0.15, -0.1) is 0 Å². The molecule has 3 nitrogen and oxygen atoms in total. The Kier molecular flexibility index (Phi) is 6.40. The van der Waals surface area contributed by atoms with Crippen LogP contribution in [-0.4, -0.2) is 12.6 Å². The van der Waals surface area contributed by atoms with Gasteiger partial charge in [0.25, 0.3) is 0 Å². The van der Waals surface area contributed by atoms with E-state index in [4.69, 9.17) is 10.00 Å². The van der Waals surface area contributed by atoms with Gasteiger partial charge in [0.1, 0.15) is 0 Å². The molecule has 0 aromatic carbocycles. The van der Waals surface area contributed by atoms with Gasteiger partial charge >= 0.3 is 5.97 Å². The second-order valence-electron chi connectivity index (χ2n) is 2.23. The number of nitriles is 1. The second-order valence-corrected chi connectivity index (χ2v) is 2.23. The standard InChI is InChI=1S/C8H13NO2/c1-2-3-7-11-8(10)5-4-6-9/h2-5,7H2,1H3. The molecule has 0 aliphatic heterocycles. The normalized spacial score (nSPS) is 8.73. The molecule has 0 fully saturated rings. The molecule has 62 valence electrons. The lowest BCUT2D eigenvalue weighted by Crippen LogP contribution is -2.04. The Balaban J connectivity index is 3.17. The summed E-state index contributed by atoms with van der Waals surface area (Å²) in [5.41, 5.74) is 0. The number of esters is 1. The molecule has 0 saturated carbocycles. The fourth-order valence-corrected chi connectivity index (χ4v) is 0.560. The first-order chi connectivity index (χ1) is 5.31. The van der Waals surface area contributed by atoms with Gasteiger partial charge in [-0.1, -0.05) is 13.3 Å². The van der Waals surface area contributed by atoms with Crippen LogP contribution in [0.1, 0.15) is 32.6 Å². The van der Waals surface area contributed by atoms with E-state index in [0.29, 0.717) is 6.61 Å². The molecule has 0 aromatic heterocycles. The maximum Gasteiger partial charge on any atom is 0.306 e. The van der Waals surface area contributed by atoms with E-state index in [2.05, 4.69) is 0 Å². The van der Waals surface area contributed by atoms with Gasteiger partial charge in [-0.25, -0.2) is 0 Å². The first kappa shape index (κ1) is 9.96. The zero-order chi connectivity index (χ0) is 8.53. The van der Waals surface area contributed by atoms with Crippen molar-refractivity contribution in [3.63, 3.8) is 0 Å². The summed E-state index contributed by atoms with van der Waals surface area (Å²) in [6.07, 6.45) is 2.40. The third kappa shape index (κ3) is 6.85. The van der Waals surface area contributed by atoms with Crippen LogP contribution in [0.5, 0.6) is 0 Å². The van der Waals surface area contributed by atoms with E-state index in [-0.39, 0.29) is 18.8 Å². The number of carbonyl (C=O) groups is 1. The van der Waals surface area contributed by atoms with Gasteiger partial charge in [0.15, 0.2) is 0 Å². The summed E-state index contributed by atoms with van der Waals surface area (Å²) in [7, 11) is 0. The van der Waals surface area contributed by atoms with E-state index in [1.165, 1.54) is 0 Å². The molecule has 0 atom stereocenters. The van der Waals surface area contributed by atoms with Crippen LogP contribution in [0, 0.1) is 11.3 Å². The van der Waals surface area contributed by atoms with Crippen LogP contribution >= 0.6 is 0 Å². The minimum atomic E-state index is -0.264. The zero-order valence-corrected chi connectivity index (χ0v) is 6.80. The van der Waals surface area contributed by atoms with Crippen molar-refractivity contribution >= 4 is 5.97 Å². The number of rotatable bonds is 5. The maximum atomic E-state index is 10.7. The smallest absolute Gasteiger partial charge is 0.306 e. The molecule has 0 aliphatic rings. The van der Waals surface area contributed by atoms with Crippen LogP contribution in [-0.2, 0) is 9.53 Å². The van der Waals surface area contributed by atoms with E-state index in [9.17, 15) is 4.79 Å². The highest BCUT2D eigenvalue weighted by Gasteiger charge is 1.99. The van der Waals surface area contributed by atoms with Gasteiger partial charge in [0.05, 0.1) is 19.1 Å². The quantitative estimate of drug-likeness (QED) is 0.448. The molecule has 0 unspecified atom stereocenters. The fraction of sp³-hybridized carbons (Fsp3) is 0.750. The predicted octanol–water partition coefficient (Wildman–Crippen LogP) is 1.63. The van der Waals surface area contributed by atoms with Gasteiger partial charge in [0, 0.05) is 6.42 Å². The highest BCUT2D eigenvalue weighted by molar-refractivity contribution is 5.69. The molecule has 0 saturated heterocycles. The molecule has 3 heteroatoms. The van der Waals surface area contributed by atoms with Crippen molar-refractivity contribution in [1.82, 2.24) is 0 Å². The van der Waals surface area contributed by atoms with Crippen LogP contribution in [0.3, 0.4) is 0 Å². The Bertz CT molecular complexity index is 149. The lowest BCUT2D eigenvalue weighted by Gasteiger charge is -2.00. The number of hydrogen-bond donors (Lipinski definition) is 0. The van der Waals surface area contributed by atoms with Gasteiger partial charge in [-0.2, -0.15) is 5.26 Å². The predicted molar refractivity (Wildman–Crippen MR) is 40.7 cm³/mol. The van der Waals surface area contributed by atoms with Crippen molar-refractivity contribution in [2.24, 2.45) is 0 Å². The van der Waals surface area contributed by atoms with E-state index < -0.39 is 0 Å². The average Bonchev–Trinajstić information content (AvgIpc) is 2.01. The number of hydrogen-bond acceptors (Lipinski definition) is 3. The monoisotopic (exact) mass is 155 g/mol. The Hall–Kier alpha value is -1.04. The van der Waals surface area contributed by atoms with Crippen molar-refractivity contribution in [3.05, 3.63) is 0 Å². The molecule has 0 rings (SSSR count). The summed E-state index contributed by atoms with van der Waals surface area (Å²) in [6.45, 7) is 2.52. The van der Waals surface area contributed by atoms with E-state index in [1.54, 1.807) is 0 Å². The highest BCUT2D eigenvalue weighted by atomic mass is 16.5. The number of nitrogens with zero attached hydrogens (tertiary/aromatic N) is 1. The fourth-order valence-electron chi connectivity index (χ4n) is 0.560. The first-order valence-electron chi connectivity index (χ1n) is 3.83. The molecule has 0 N–H and O–H groups in total. The molecule has 0 aliphatic carbocycles. The molecule has 11 heavy (non-hydrogen) atoms. The van der Waals surface area contributed by atoms with Crippen molar-refractivity contribution in [2.45, 2.75) is 32.6 Å². The minimum absolute atomic E-state index is 0.222. The van der Waals surface area contributed by atoms with Gasteiger partial charge in [0.2, 0.25) is 0 Å². The van der Waals surface area contributed by atoms with Crippen molar-refractivity contribution in [2.75, 3.05) is 6.61 Å². The third-order valence-electron chi connectivity index (χ3n) is 1.20. The molecular formula is C8H13NO2. The number of ether oxygens (including phenoxy) is 1. The van der Waals surface area contributed by atoms with Crippen LogP contribution < -0.4 is 0 Å². The number of unbranched alkanes of at least 4 members (excludes halogenated alkanes) is 1. The van der Waals surface area contributed by atoms with Crippen LogP contribution in [0.4, 0.5) is 0 Å². The summed E-state index contributed by atoms with van der Waals surface area (Å²) in [6, 6.07) is 1.89. The SMILES string of the molecule is CCCCOC(=O)CCC#N. The molecule has 0 bridgehead atoms. The molecule has 0 aromatic rings. The second kappa shape index (κ2) is 7.07.